The molecule has 7 heteroatoms. The number of anilines is 1. The smallest absolute Gasteiger partial charge is 0.317 e. The number of carbonyl (C=O) groups excluding carboxylic acids is 2. The van der Waals surface area contributed by atoms with Crippen LogP contribution in [0.2, 0.25) is 5.02 Å². The summed E-state index contributed by atoms with van der Waals surface area (Å²) in [6, 6.07) is 12.6. The van der Waals surface area contributed by atoms with Gasteiger partial charge in [-0.25, -0.2) is 5.43 Å². The van der Waals surface area contributed by atoms with Gasteiger partial charge in [-0.05, 0) is 53.3 Å². The van der Waals surface area contributed by atoms with Crippen LogP contribution in [0.4, 0.5) is 5.69 Å². The first-order valence-corrected chi connectivity index (χ1v) is 8.08. The average molecular weight is 442 g/mol. The van der Waals surface area contributed by atoms with E-state index in [9.17, 15) is 9.59 Å². The molecule has 0 aliphatic carbocycles. The first-order valence-electron chi connectivity index (χ1n) is 6.63. The maximum atomic E-state index is 11.8. The topological polar surface area (TPSA) is 70.6 Å². The molecule has 0 bridgehead atoms. The van der Waals surface area contributed by atoms with Crippen LogP contribution in [0.1, 0.15) is 11.1 Å². The Balaban J connectivity index is 1.97. The molecule has 0 fully saturated rings. The summed E-state index contributed by atoms with van der Waals surface area (Å²) in [7, 11) is 0. The second-order valence-corrected chi connectivity index (χ2v) is 6.16. The lowest BCUT2D eigenvalue weighted by Crippen LogP contribution is -2.32. The summed E-state index contributed by atoms with van der Waals surface area (Å²) < 4.78 is 0.988. The molecule has 5 nitrogen and oxygen atoms in total. The van der Waals surface area contributed by atoms with E-state index >= 15 is 0 Å². The van der Waals surface area contributed by atoms with Crippen molar-refractivity contribution in [3.63, 3.8) is 0 Å². The zero-order valence-electron chi connectivity index (χ0n) is 12.1. The molecule has 0 aliphatic rings. The molecular formula is C16H13ClIN3O2. The minimum absolute atomic E-state index is 0.485. The van der Waals surface area contributed by atoms with Gasteiger partial charge in [0, 0.05) is 19.8 Å². The van der Waals surface area contributed by atoms with Gasteiger partial charge in [0.15, 0.2) is 0 Å². The molecule has 0 aromatic heterocycles. The van der Waals surface area contributed by atoms with Gasteiger partial charge in [-0.1, -0.05) is 35.9 Å². The molecule has 118 valence electrons. The Labute approximate surface area is 152 Å². The largest absolute Gasteiger partial charge is 0.329 e. The highest BCUT2D eigenvalue weighted by Gasteiger charge is 2.14. The molecule has 0 unspecified atom stereocenters. The third-order valence-electron chi connectivity index (χ3n) is 3.00. The van der Waals surface area contributed by atoms with Crippen LogP contribution >= 0.6 is 34.2 Å². The van der Waals surface area contributed by atoms with Gasteiger partial charge < -0.3 is 5.32 Å². The van der Waals surface area contributed by atoms with Crippen molar-refractivity contribution in [1.82, 2.24) is 5.43 Å². The third kappa shape index (κ3) is 4.77. The Morgan fingerprint density at radius 3 is 2.61 bits per heavy atom. The lowest BCUT2D eigenvalue weighted by atomic mass is 10.2. The van der Waals surface area contributed by atoms with Crippen LogP contribution in [0.5, 0.6) is 0 Å². The SMILES string of the molecule is Cc1c(Cl)cccc1NC(=O)C(=O)N/N=C\c1ccccc1I. The molecule has 0 saturated carbocycles. The first kappa shape index (κ1) is 17.4. The molecule has 2 rings (SSSR count). The number of hydrazone groups is 1. The normalized spacial score (nSPS) is 10.6. The van der Waals surface area contributed by atoms with Crippen LogP contribution in [-0.4, -0.2) is 18.0 Å². The Morgan fingerprint density at radius 1 is 1.13 bits per heavy atom. The van der Waals surface area contributed by atoms with E-state index in [1.54, 1.807) is 25.1 Å². The number of hydrogen-bond acceptors (Lipinski definition) is 3. The Kier molecular flexibility index (Phi) is 6.12. The Hall–Kier alpha value is -1.93. The van der Waals surface area contributed by atoms with Gasteiger partial charge in [0.2, 0.25) is 0 Å². The molecule has 2 N–H and O–H groups in total. The summed E-state index contributed by atoms with van der Waals surface area (Å²) >= 11 is 8.12. The predicted molar refractivity (Wildman–Crippen MR) is 99.7 cm³/mol. The standard InChI is InChI=1S/C16H13ClIN3O2/c1-10-12(17)6-4-8-14(10)20-15(22)16(23)21-19-9-11-5-2-3-7-13(11)18/h2-9H,1H3,(H,20,22)(H,21,23)/b19-9-. The van der Waals surface area contributed by atoms with E-state index in [2.05, 4.69) is 38.4 Å². The highest BCUT2D eigenvalue weighted by Crippen LogP contribution is 2.22. The summed E-state index contributed by atoms with van der Waals surface area (Å²) in [5.74, 6) is -1.66. The molecule has 0 atom stereocenters. The van der Waals surface area contributed by atoms with Crippen LogP contribution in [0.25, 0.3) is 0 Å². The zero-order chi connectivity index (χ0) is 16.8. The van der Waals surface area contributed by atoms with Gasteiger partial charge in [-0.15, -0.1) is 0 Å². The fourth-order valence-corrected chi connectivity index (χ4v) is 2.41. The summed E-state index contributed by atoms with van der Waals surface area (Å²) in [6.07, 6.45) is 1.48. The van der Waals surface area contributed by atoms with Crippen LogP contribution in [0.15, 0.2) is 47.6 Å². The molecule has 23 heavy (non-hydrogen) atoms. The number of hydrogen-bond donors (Lipinski definition) is 2. The minimum Gasteiger partial charge on any atom is -0.317 e. The zero-order valence-corrected chi connectivity index (χ0v) is 15.1. The van der Waals surface area contributed by atoms with Gasteiger partial charge in [0.25, 0.3) is 0 Å². The number of nitrogens with one attached hydrogen (secondary N) is 2. The number of benzene rings is 2. The van der Waals surface area contributed by atoms with Crippen LogP contribution in [-0.2, 0) is 9.59 Å². The van der Waals surface area contributed by atoms with Crippen molar-refractivity contribution >= 4 is 57.9 Å². The minimum atomic E-state index is -0.855. The summed E-state index contributed by atoms with van der Waals surface area (Å²) in [6.45, 7) is 1.76. The van der Waals surface area contributed by atoms with Crippen molar-refractivity contribution in [3.05, 3.63) is 62.2 Å². The number of nitrogens with zero attached hydrogens (tertiary/aromatic N) is 1. The van der Waals surface area contributed by atoms with E-state index < -0.39 is 11.8 Å². The number of carbonyl (C=O) groups is 2. The van der Waals surface area contributed by atoms with Gasteiger partial charge in [0.1, 0.15) is 0 Å². The van der Waals surface area contributed by atoms with Crippen molar-refractivity contribution in [2.45, 2.75) is 6.92 Å². The van der Waals surface area contributed by atoms with Crippen molar-refractivity contribution < 1.29 is 9.59 Å². The van der Waals surface area contributed by atoms with E-state index in [4.69, 9.17) is 11.6 Å². The van der Waals surface area contributed by atoms with E-state index in [0.29, 0.717) is 16.3 Å². The molecule has 0 spiro atoms. The Morgan fingerprint density at radius 2 is 1.87 bits per heavy atom. The fourth-order valence-electron chi connectivity index (χ4n) is 1.71. The predicted octanol–water partition coefficient (Wildman–Crippen LogP) is 3.34. The average Bonchev–Trinajstić information content (AvgIpc) is 2.53. The Bertz CT molecular complexity index is 778. The highest BCUT2D eigenvalue weighted by molar-refractivity contribution is 14.1. The molecule has 0 heterocycles. The van der Waals surface area contributed by atoms with Crippen molar-refractivity contribution in [2.75, 3.05) is 5.32 Å². The van der Waals surface area contributed by atoms with Gasteiger partial charge >= 0.3 is 11.8 Å². The van der Waals surface area contributed by atoms with E-state index in [1.807, 2.05) is 24.3 Å². The van der Waals surface area contributed by atoms with Gasteiger partial charge in [-0.2, -0.15) is 5.10 Å². The lowest BCUT2D eigenvalue weighted by molar-refractivity contribution is -0.136. The summed E-state index contributed by atoms with van der Waals surface area (Å²) in [5, 5.41) is 6.80. The maximum absolute atomic E-state index is 11.8. The summed E-state index contributed by atoms with van der Waals surface area (Å²) in [4.78, 5) is 23.6. The van der Waals surface area contributed by atoms with E-state index in [1.165, 1.54) is 6.21 Å². The summed E-state index contributed by atoms with van der Waals surface area (Å²) in [5.41, 5.74) is 4.22. The third-order valence-corrected chi connectivity index (χ3v) is 4.39. The second-order valence-electron chi connectivity index (χ2n) is 4.59. The molecule has 0 radical (unpaired) electrons. The molecule has 2 aromatic rings. The molecule has 2 amide bonds. The number of rotatable bonds is 3. The lowest BCUT2D eigenvalue weighted by Gasteiger charge is -2.08. The molecule has 0 aliphatic heterocycles. The highest BCUT2D eigenvalue weighted by atomic mass is 127. The first-order chi connectivity index (χ1) is 11.0. The van der Waals surface area contributed by atoms with Crippen molar-refractivity contribution in [1.29, 1.82) is 0 Å². The number of amides is 2. The monoisotopic (exact) mass is 441 g/mol. The van der Waals surface area contributed by atoms with Gasteiger partial charge in [-0.3, -0.25) is 9.59 Å². The van der Waals surface area contributed by atoms with Crippen LogP contribution < -0.4 is 10.7 Å². The van der Waals surface area contributed by atoms with Crippen LogP contribution in [0.3, 0.4) is 0 Å². The quantitative estimate of drug-likeness (QED) is 0.332. The van der Waals surface area contributed by atoms with E-state index in [0.717, 1.165) is 9.13 Å². The van der Waals surface area contributed by atoms with Gasteiger partial charge in [0.05, 0.1) is 6.21 Å². The molecule has 0 saturated heterocycles. The number of halogens is 2. The molecular weight excluding hydrogens is 429 g/mol. The van der Waals surface area contributed by atoms with Crippen molar-refractivity contribution in [2.24, 2.45) is 5.10 Å². The molecule has 2 aromatic carbocycles. The second kappa shape index (κ2) is 8.07. The fraction of sp³-hybridized carbons (Fsp3) is 0.0625. The maximum Gasteiger partial charge on any atom is 0.329 e. The van der Waals surface area contributed by atoms with Crippen LogP contribution in [0, 0.1) is 10.5 Å². The van der Waals surface area contributed by atoms with E-state index in [-0.39, 0.29) is 0 Å². The van der Waals surface area contributed by atoms with Crippen molar-refractivity contribution in [3.8, 4) is 0 Å².